The molecule has 3 unspecified atom stereocenters. The summed E-state index contributed by atoms with van der Waals surface area (Å²) in [6.07, 6.45) is 0.925. The van der Waals surface area contributed by atoms with Gasteiger partial charge in [-0.25, -0.2) is 9.92 Å². The molecule has 0 bridgehead atoms. The topological polar surface area (TPSA) is 131 Å². The van der Waals surface area contributed by atoms with Gasteiger partial charge in [-0.1, -0.05) is 30.0 Å². The first-order valence-electron chi connectivity index (χ1n) is 8.38. The summed E-state index contributed by atoms with van der Waals surface area (Å²) in [5, 5.41) is 14.6. The van der Waals surface area contributed by atoms with Gasteiger partial charge in [0.15, 0.2) is 17.7 Å². The van der Waals surface area contributed by atoms with Crippen LogP contribution in [0.5, 0.6) is 5.75 Å². The first-order chi connectivity index (χ1) is 14.0. The van der Waals surface area contributed by atoms with Crippen LogP contribution in [0, 0.1) is 17.3 Å². The van der Waals surface area contributed by atoms with Gasteiger partial charge in [0.1, 0.15) is 0 Å². The van der Waals surface area contributed by atoms with Gasteiger partial charge in [-0.3, -0.25) is 9.59 Å². The zero-order valence-electron chi connectivity index (χ0n) is 15.1. The van der Waals surface area contributed by atoms with Crippen molar-refractivity contribution >= 4 is 35.3 Å². The fraction of sp³-hybridized carbons (Fsp3) is 0.294. The van der Waals surface area contributed by atoms with Gasteiger partial charge in [0, 0.05) is 0 Å². The Morgan fingerprint density at radius 2 is 2.24 bits per heavy atom. The number of thioether (sulfide) groups is 2. The maximum absolute atomic E-state index is 13.7. The van der Waals surface area contributed by atoms with E-state index in [4.69, 9.17) is 14.7 Å². The molecule has 2 aromatic rings. The lowest BCUT2D eigenvalue weighted by atomic mass is 10.1. The highest BCUT2D eigenvalue weighted by Gasteiger charge is 2.31. The maximum Gasteiger partial charge on any atom is 0.277 e. The van der Waals surface area contributed by atoms with Crippen LogP contribution in [0.15, 0.2) is 50.5 Å². The fourth-order valence-corrected chi connectivity index (χ4v) is 3.95. The van der Waals surface area contributed by atoms with Gasteiger partial charge in [-0.2, -0.15) is 0 Å². The number of amides is 2. The summed E-state index contributed by atoms with van der Waals surface area (Å²) in [6.45, 7) is 1.64. The largest absolute Gasteiger partial charge is 0.478 e. The highest BCUT2D eigenvalue weighted by Crippen LogP contribution is 2.29. The molecular formula is C17H16FN5O4S2. The van der Waals surface area contributed by atoms with E-state index in [1.165, 1.54) is 23.9 Å². The minimum Gasteiger partial charge on any atom is -0.478 e. The monoisotopic (exact) mass is 437 g/mol. The number of halogens is 1. The lowest BCUT2D eigenvalue weighted by Gasteiger charge is -2.16. The molecule has 29 heavy (non-hydrogen) atoms. The normalized spacial score (nSPS) is 19.0. The second kappa shape index (κ2) is 9.65. The Balaban J connectivity index is 1.50. The molecule has 0 radical (unpaired) electrons. The number of aromatic nitrogens is 2. The van der Waals surface area contributed by atoms with Crippen LogP contribution >= 0.6 is 23.5 Å². The Hall–Kier alpha value is -2.73. The minimum absolute atomic E-state index is 0.0137. The van der Waals surface area contributed by atoms with Crippen molar-refractivity contribution in [3.63, 3.8) is 0 Å². The minimum atomic E-state index is -0.677. The number of carbonyl (C=O) groups excluding carboxylic acids is 2. The van der Waals surface area contributed by atoms with Crippen LogP contribution < -0.4 is 10.1 Å². The second-order valence-electron chi connectivity index (χ2n) is 5.81. The van der Waals surface area contributed by atoms with Crippen LogP contribution in [0.4, 0.5) is 4.39 Å². The first kappa shape index (κ1) is 21.0. The quantitative estimate of drug-likeness (QED) is 0.475. The van der Waals surface area contributed by atoms with Gasteiger partial charge in [-0.05, 0) is 24.5 Å². The molecule has 2 amide bonds. The summed E-state index contributed by atoms with van der Waals surface area (Å²) in [6, 6.07) is 5.97. The molecule has 2 heterocycles. The van der Waals surface area contributed by atoms with Crippen LogP contribution in [-0.2, 0) is 9.59 Å². The number of rotatable bonds is 8. The summed E-state index contributed by atoms with van der Waals surface area (Å²) >= 11 is 2.29. The van der Waals surface area contributed by atoms with E-state index in [1.807, 2.05) is 0 Å². The Morgan fingerprint density at radius 1 is 1.45 bits per heavy atom. The molecule has 0 aliphatic carbocycles. The fourth-order valence-electron chi connectivity index (χ4n) is 2.36. The van der Waals surface area contributed by atoms with Crippen molar-refractivity contribution in [3.8, 4) is 5.75 Å². The van der Waals surface area contributed by atoms with Crippen molar-refractivity contribution in [2.75, 3.05) is 5.75 Å². The molecule has 1 aromatic carbocycles. The zero-order chi connectivity index (χ0) is 20.8. The van der Waals surface area contributed by atoms with Gasteiger partial charge in [0.05, 0.1) is 17.0 Å². The number of nitrogens with zero attached hydrogens (tertiary/aromatic N) is 3. The van der Waals surface area contributed by atoms with E-state index in [0.717, 1.165) is 11.8 Å². The molecule has 0 saturated carbocycles. The summed E-state index contributed by atoms with van der Waals surface area (Å²) in [5.74, 6) is -1.91. The Bertz CT molecular complexity index is 938. The zero-order valence-corrected chi connectivity index (χ0v) is 16.7. The lowest BCUT2D eigenvalue weighted by molar-refractivity contribution is -0.122. The van der Waals surface area contributed by atoms with Crippen molar-refractivity contribution < 1.29 is 23.1 Å². The number of carbonyl (C=O) groups is 2. The molecule has 3 atom stereocenters. The summed E-state index contributed by atoms with van der Waals surface area (Å²) in [5.41, 5.74) is 6.82. The molecule has 0 saturated heterocycles. The molecule has 12 heteroatoms. The van der Waals surface area contributed by atoms with Crippen molar-refractivity contribution in [3.05, 3.63) is 47.5 Å². The highest BCUT2D eigenvalue weighted by atomic mass is 32.2. The molecule has 3 rings (SSSR count). The summed E-state index contributed by atoms with van der Waals surface area (Å²) in [4.78, 5) is 23.7. The third-order valence-corrected chi connectivity index (χ3v) is 5.61. The third kappa shape index (κ3) is 5.41. The van der Waals surface area contributed by atoms with E-state index < -0.39 is 29.1 Å². The molecule has 1 aliphatic rings. The maximum atomic E-state index is 13.7. The molecule has 0 spiro atoms. The van der Waals surface area contributed by atoms with E-state index in [-0.39, 0.29) is 28.5 Å². The number of benzene rings is 1. The molecule has 1 aliphatic heterocycles. The van der Waals surface area contributed by atoms with Crippen LogP contribution in [-0.4, -0.2) is 33.1 Å². The van der Waals surface area contributed by atoms with Crippen molar-refractivity contribution in [2.45, 2.75) is 23.6 Å². The van der Waals surface area contributed by atoms with Gasteiger partial charge in [0.2, 0.25) is 5.91 Å². The van der Waals surface area contributed by atoms with Crippen molar-refractivity contribution in [1.82, 2.24) is 15.5 Å². The van der Waals surface area contributed by atoms with E-state index in [0.29, 0.717) is 0 Å². The van der Waals surface area contributed by atoms with E-state index in [9.17, 15) is 14.0 Å². The third-order valence-electron chi connectivity index (χ3n) is 3.77. The molecular weight excluding hydrogens is 421 g/mol. The SMILES string of the molecule is CC(Oc1ccccc1F)c1nnc(SCC(=O)NC2SC=CC2C(=O)N=N)o1. The molecule has 0 fully saturated rings. The van der Waals surface area contributed by atoms with Crippen LogP contribution in [0.25, 0.3) is 0 Å². The van der Waals surface area contributed by atoms with Crippen molar-refractivity contribution in [2.24, 2.45) is 11.0 Å². The van der Waals surface area contributed by atoms with Gasteiger partial charge >= 0.3 is 0 Å². The van der Waals surface area contributed by atoms with Crippen molar-refractivity contribution in [1.29, 1.82) is 5.53 Å². The number of nitrogens with one attached hydrogen (secondary N) is 2. The summed E-state index contributed by atoms with van der Waals surface area (Å²) < 4.78 is 24.6. The van der Waals surface area contributed by atoms with Crippen LogP contribution in [0.3, 0.4) is 0 Å². The number of hydrogen-bond donors (Lipinski definition) is 2. The molecule has 1 aromatic heterocycles. The predicted molar refractivity (Wildman–Crippen MR) is 103 cm³/mol. The van der Waals surface area contributed by atoms with Crippen LogP contribution in [0.2, 0.25) is 0 Å². The van der Waals surface area contributed by atoms with Gasteiger partial charge in [0.25, 0.3) is 17.0 Å². The predicted octanol–water partition coefficient (Wildman–Crippen LogP) is 3.32. The summed E-state index contributed by atoms with van der Waals surface area (Å²) in [7, 11) is 0. The van der Waals surface area contributed by atoms with Gasteiger partial charge in [-0.15, -0.1) is 27.1 Å². The second-order valence-corrected chi connectivity index (χ2v) is 7.79. The average Bonchev–Trinajstić information content (AvgIpc) is 3.37. The number of ether oxygens (including phenoxy) is 1. The molecule has 152 valence electrons. The number of hydrogen-bond acceptors (Lipinski definition) is 9. The van der Waals surface area contributed by atoms with Crippen LogP contribution in [0.1, 0.15) is 18.9 Å². The van der Waals surface area contributed by atoms with E-state index in [2.05, 4.69) is 20.6 Å². The molecule has 9 nitrogen and oxygen atoms in total. The average molecular weight is 437 g/mol. The Labute approximate surface area is 173 Å². The van der Waals surface area contributed by atoms with E-state index in [1.54, 1.807) is 30.5 Å². The Kier molecular flexibility index (Phi) is 6.99. The standard InChI is InChI=1S/C17H16FN5O4S2/c1-9(26-12-5-3-2-4-11(12)18)15-22-23-17(27-15)29-8-13(24)20-16-10(6-7-28-16)14(25)21-19/h2-7,9-10,16,19H,8H2,1H3,(H,20,24). The highest BCUT2D eigenvalue weighted by molar-refractivity contribution is 8.03. The number of para-hydroxylation sites is 1. The Morgan fingerprint density at radius 3 is 3.00 bits per heavy atom. The smallest absolute Gasteiger partial charge is 0.277 e. The van der Waals surface area contributed by atoms with E-state index >= 15 is 0 Å². The first-order valence-corrected chi connectivity index (χ1v) is 10.3. The van der Waals surface area contributed by atoms with Gasteiger partial charge < -0.3 is 14.5 Å². The molecule has 2 N–H and O–H groups in total. The lowest BCUT2D eigenvalue weighted by Crippen LogP contribution is -2.39.